The summed E-state index contributed by atoms with van der Waals surface area (Å²) in [5.41, 5.74) is 1.38. The highest BCUT2D eigenvalue weighted by atomic mass is 79.9. The van der Waals surface area contributed by atoms with Gasteiger partial charge in [0.1, 0.15) is 5.82 Å². The third-order valence-corrected chi connectivity index (χ3v) is 4.99. The highest BCUT2D eigenvalue weighted by Crippen LogP contribution is 2.25. The van der Waals surface area contributed by atoms with Crippen molar-refractivity contribution in [2.45, 2.75) is 17.4 Å². The summed E-state index contributed by atoms with van der Waals surface area (Å²) >= 11 is 3.26. The Labute approximate surface area is 131 Å². The van der Waals surface area contributed by atoms with Gasteiger partial charge in [-0.3, -0.25) is 0 Å². The van der Waals surface area contributed by atoms with Gasteiger partial charge in [-0.1, -0.05) is 34.1 Å². The topological polar surface area (TPSA) is 54.4 Å². The molecule has 3 nitrogen and oxygen atoms in total. The molecule has 0 bridgehead atoms. The standard InChI is InChI=1S/C15H14BrFO3S/c1-21(19,20)13-6-3-10(4-7-13)15(18)8-11-2-5-12(17)9-14(11)16/h2-7,9,15,18H,8H2,1H3. The molecule has 0 aliphatic heterocycles. The Morgan fingerprint density at radius 2 is 1.81 bits per heavy atom. The summed E-state index contributed by atoms with van der Waals surface area (Å²) < 4.78 is 36.4. The molecule has 0 amide bonds. The van der Waals surface area contributed by atoms with Crippen molar-refractivity contribution in [3.8, 4) is 0 Å². The molecule has 112 valence electrons. The summed E-state index contributed by atoms with van der Waals surface area (Å²) in [5.74, 6) is -0.349. The number of hydrogen-bond acceptors (Lipinski definition) is 3. The van der Waals surface area contributed by atoms with Crippen LogP contribution in [0.3, 0.4) is 0 Å². The van der Waals surface area contributed by atoms with Gasteiger partial charge in [0.2, 0.25) is 0 Å². The molecule has 1 unspecified atom stereocenters. The van der Waals surface area contributed by atoms with Crippen molar-refractivity contribution in [3.05, 3.63) is 63.9 Å². The Kier molecular flexibility index (Phi) is 4.81. The second-order valence-electron chi connectivity index (χ2n) is 4.80. The molecule has 21 heavy (non-hydrogen) atoms. The van der Waals surface area contributed by atoms with Gasteiger partial charge < -0.3 is 5.11 Å². The van der Waals surface area contributed by atoms with Crippen molar-refractivity contribution in [2.24, 2.45) is 0 Å². The fraction of sp³-hybridized carbons (Fsp3) is 0.200. The van der Waals surface area contributed by atoms with Gasteiger partial charge in [0, 0.05) is 17.1 Å². The maximum Gasteiger partial charge on any atom is 0.175 e. The van der Waals surface area contributed by atoms with Crippen LogP contribution in [0.4, 0.5) is 4.39 Å². The third-order valence-electron chi connectivity index (χ3n) is 3.12. The van der Waals surface area contributed by atoms with Crippen LogP contribution in [-0.4, -0.2) is 19.8 Å². The Bertz CT molecular complexity index is 742. The zero-order chi connectivity index (χ0) is 15.6. The van der Waals surface area contributed by atoms with Gasteiger partial charge >= 0.3 is 0 Å². The summed E-state index contributed by atoms with van der Waals surface area (Å²) in [4.78, 5) is 0.210. The van der Waals surface area contributed by atoms with Crippen LogP contribution in [0.5, 0.6) is 0 Å². The van der Waals surface area contributed by atoms with E-state index in [0.29, 0.717) is 16.5 Å². The molecule has 0 spiro atoms. The van der Waals surface area contributed by atoms with Gasteiger partial charge in [0.05, 0.1) is 11.0 Å². The molecule has 0 radical (unpaired) electrons. The molecular formula is C15H14BrFO3S. The van der Waals surface area contributed by atoms with Gasteiger partial charge in [-0.05, 0) is 35.4 Å². The predicted molar refractivity (Wildman–Crippen MR) is 82.3 cm³/mol. The van der Waals surface area contributed by atoms with Crippen LogP contribution in [-0.2, 0) is 16.3 Å². The van der Waals surface area contributed by atoms with Crippen molar-refractivity contribution >= 4 is 25.8 Å². The SMILES string of the molecule is CS(=O)(=O)c1ccc(C(O)Cc2ccc(F)cc2Br)cc1. The van der Waals surface area contributed by atoms with Crippen molar-refractivity contribution < 1.29 is 17.9 Å². The average molecular weight is 373 g/mol. The molecule has 0 aliphatic rings. The highest BCUT2D eigenvalue weighted by Gasteiger charge is 2.13. The number of aliphatic hydroxyl groups is 1. The van der Waals surface area contributed by atoms with Crippen LogP contribution in [0.15, 0.2) is 51.8 Å². The van der Waals surface area contributed by atoms with E-state index < -0.39 is 15.9 Å². The molecule has 0 aliphatic carbocycles. The molecule has 2 aromatic rings. The minimum Gasteiger partial charge on any atom is -0.388 e. The van der Waals surface area contributed by atoms with Gasteiger partial charge in [-0.15, -0.1) is 0 Å². The Balaban J connectivity index is 2.18. The summed E-state index contributed by atoms with van der Waals surface area (Å²) in [7, 11) is -3.25. The minimum absolute atomic E-state index is 0.210. The Morgan fingerprint density at radius 1 is 1.19 bits per heavy atom. The largest absolute Gasteiger partial charge is 0.388 e. The highest BCUT2D eigenvalue weighted by molar-refractivity contribution is 9.10. The maximum absolute atomic E-state index is 13.0. The second kappa shape index (κ2) is 6.25. The molecule has 0 saturated carbocycles. The molecule has 1 N–H and O–H groups in total. The van der Waals surface area contributed by atoms with Gasteiger partial charge in [-0.2, -0.15) is 0 Å². The van der Waals surface area contributed by atoms with E-state index in [1.54, 1.807) is 18.2 Å². The van der Waals surface area contributed by atoms with E-state index in [9.17, 15) is 17.9 Å². The Morgan fingerprint density at radius 3 is 2.33 bits per heavy atom. The number of benzene rings is 2. The average Bonchev–Trinajstić information content (AvgIpc) is 2.41. The van der Waals surface area contributed by atoms with Crippen LogP contribution < -0.4 is 0 Å². The monoisotopic (exact) mass is 372 g/mol. The molecular weight excluding hydrogens is 359 g/mol. The molecule has 2 rings (SSSR count). The predicted octanol–water partition coefficient (Wildman–Crippen LogP) is 3.27. The number of sulfone groups is 1. The maximum atomic E-state index is 13.0. The van der Waals surface area contributed by atoms with Crippen LogP contribution in [0.1, 0.15) is 17.2 Å². The van der Waals surface area contributed by atoms with E-state index in [4.69, 9.17) is 0 Å². The molecule has 0 saturated heterocycles. The first-order valence-electron chi connectivity index (χ1n) is 6.19. The van der Waals surface area contributed by atoms with Crippen LogP contribution in [0, 0.1) is 5.82 Å². The van der Waals surface area contributed by atoms with Crippen LogP contribution in [0.25, 0.3) is 0 Å². The van der Waals surface area contributed by atoms with E-state index in [1.165, 1.54) is 24.3 Å². The minimum atomic E-state index is -3.25. The lowest BCUT2D eigenvalue weighted by Crippen LogP contribution is -2.04. The first-order chi connectivity index (χ1) is 9.77. The second-order valence-corrected chi connectivity index (χ2v) is 7.67. The number of rotatable bonds is 4. The molecule has 6 heteroatoms. The van der Waals surface area contributed by atoms with Crippen molar-refractivity contribution in [1.82, 2.24) is 0 Å². The Hall–Kier alpha value is -1.24. The van der Waals surface area contributed by atoms with E-state index in [2.05, 4.69) is 15.9 Å². The summed E-state index contributed by atoms with van der Waals surface area (Å²) in [6.45, 7) is 0. The lowest BCUT2D eigenvalue weighted by molar-refractivity contribution is 0.178. The van der Waals surface area contributed by atoms with Gasteiger partial charge in [0.25, 0.3) is 0 Å². The smallest absolute Gasteiger partial charge is 0.175 e. The summed E-state index contributed by atoms with van der Waals surface area (Å²) in [6, 6.07) is 10.4. The summed E-state index contributed by atoms with van der Waals surface area (Å²) in [5, 5.41) is 10.2. The fourth-order valence-electron chi connectivity index (χ4n) is 1.95. The molecule has 1 atom stereocenters. The summed E-state index contributed by atoms with van der Waals surface area (Å²) in [6.07, 6.45) is 0.646. The van der Waals surface area contributed by atoms with Crippen LogP contribution >= 0.6 is 15.9 Å². The van der Waals surface area contributed by atoms with Crippen molar-refractivity contribution in [3.63, 3.8) is 0 Å². The quantitative estimate of drug-likeness (QED) is 0.895. The molecule has 0 fully saturated rings. The van der Waals surface area contributed by atoms with Crippen LogP contribution in [0.2, 0.25) is 0 Å². The molecule has 0 aromatic heterocycles. The first kappa shape index (κ1) is 16.1. The van der Waals surface area contributed by atoms with Gasteiger partial charge in [-0.25, -0.2) is 12.8 Å². The molecule has 0 heterocycles. The zero-order valence-electron chi connectivity index (χ0n) is 11.3. The molecule has 2 aromatic carbocycles. The van der Waals surface area contributed by atoms with E-state index in [-0.39, 0.29) is 10.7 Å². The lowest BCUT2D eigenvalue weighted by Gasteiger charge is -2.13. The fourth-order valence-corrected chi connectivity index (χ4v) is 3.09. The number of halogens is 2. The number of aliphatic hydroxyl groups excluding tert-OH is 1. The first-order valence-corrected chi connectivity index (χ1v) is 8.88. The number of hydrogen-bond donors (Lipinski definition) is 1. The normalized spacial score (nSPS) is 13.1. The van der Waals surface area contributed by atoms with E-state index >= 15 is 0 Å². The zero-order valence-corrected chi connectivity index (χ0v) is 13.7. The third kappa shape index (κ3) is 4.12. The van der Waals surface area contributed by atoms with E-state index in [0.717, 1.165) is 11.8 Å². The van der Waals surface area contributed by atoms with Crippen molar-refractivity contribution in [2.75, 3.05) is 6.26 Å². The lowest BCUT2D eigenvalue weighted by atomic mass is 10.0. The van der Waals surface area contributed by atoms with Gasteiger partial charge in [0.15, 0.2) is 9.84 Å². The van der Waals surface area contributed by atoms with Crippen molar-refractivity contribution in [1.29, 1.82) is 0 Å². The van der Waals surface area contributed by atoms with E-state index in [1.807, 2.05) is 0 Å².